The Balaban J connectivity index is 2.13. The van der Waals surface area contributed by atoms with Crippen molar-refractivity contribution in [3.8, 4) is 17.1 Å². The number of hydrogen-bond acceptors (Lipinski definition) is 4. The van der Waals surface area contributed by atoms with Crippen molar-refractivity contribution < 1.29 is 4.74 Å². The normalized spacial score (nSPS) is 13.5. The average molecular weight is 283 g/mol. The predicted octanol–water partition coefficient (Wildman–Crippen LogP) is 3.27. The molecule has 1 aliphatic rings. The summed E-state index contributed by atoms with van der Waals surface area (Å²) in [6.45, 7) is 8.68. The zero-order valence-electron chi connectivity index (χ0n) is 12.8. The Morgan fingerprint density at radius 1 is 1.19 bits per heavy atom. The van der Waals surface area contributed by atoms with Gasteiger partial charge in [0.25, 0.3) is 0 Å². The van der Waals surface area contributed by atoms with Crippen LogP contribution in [-0.2, 0) is 13.1 Å². The lowest BCUT2D eigenvalue weighted by Crippen LogP contribution is -2.06. The van der Waals surface area contributed by atoms with Crippen LogP contribution in [0.1, 0.15) is 43.6 Å². The fourth-order valence-electron chi connectivity index (χ4n) is 2.73. The molecule has 0 spiro atoms. The van der Waals surface area contributed by atoms with Crippen LogP contribution in [0.3, 0.4) is 0 Å². The van der Waals surface area contributed by atoms with Crippen molar-refractivity contribution in [3.63, 3.8) is 0 Å². The molecule has 0 unspecified atom stereocenters. The van der Waals surface area contributed by atoms with E-state index in [9.17, 15) is 0 Å². The summed E-state index contributed by atoms with van der Waals surface area (Å²) in [5.74, 6) is 2.01. The van der Waals surface area contributed by atoms with Crippen molar-refractivity contribution in [2.24, 2.45) is 0 Å². The van der Waals surface area contributed by atoms with Gasteiger partial charge < -0.3 is 10.1 Å². The van der Waals surface area contributed by atoms with E-state index >= 15 is 0 Å². The maximum Gasteiger partial charge on any atom is 0.163 e. The second kappa shape index (κ2) is 5.82. The Kier molecular flexibility index (Phi) is 3.88. The molecule has 0 aliphatic carbocycles. The van der Waals surface area contributed by atoms with Crippen LogP contribution in [0.25, 0.3) is 11.4 Å². The number of ether oxygens (including phenoxy) is 1. The number of nitrogens with one attached hydrogen (secondary N) is 1. The molecule has 0 bridgehead atoms. The largest absolute Gasteiger partial charge is 0.493 e. The highest BCUT2D eigenvalue weighted by atomic mass is 16.5. The molecule has 21 heavy (non-hydrogen) atoms. The van der Waals surface area contributed by atoms with Gasteiger partial charge >= 0.3 is 0 Å². The van der Waals surface area contributed by atoms with E-state index in [1.165, 1.54) is 5.56 Å². The molecule has 1 aromatic heterocycles. The van der Waals surface area contributed by atoms with Gasteiger partial charge in [0.1, 0.15) is 5.75 Å². The molecule has 2 aromatic rings. The third-order valence-corrected chi connectivity index (χ3v) is 3.69. The first kappa shape index (κ1) is 14.0. The van der Waals surface area contributed by atoms with Crippen LogP contribution in [0.4, 0.5) is 0 Å². The molecule has 4 nitrogen and oxygen atoms in total. The molecule has 0 atom stereocenters. The summed E-state index contributed by atoms with van der Waals surface area (Å²) >= 11 is 0. The molecular weight excluding hydrogens is 262 g/mol. The lowest BCUT2D eigenvalue weighted by molar-refractivity contribution is 0.341. The molecule has 0 fully saturated rings. The first-order valence-electron chi connectivity index (χ1n) is 7.53. The third kappa shape index (κ3) is 2.63. The number of para-hydroxylation sites is 1. The summed E-state index contributed by atoms with van der Waals surface area (Å²) in [4.78, 5) is 9.58. The Morgan fingerprint density at radius 2 is 2.00 bits per heavy atom. The fourth-order valence-corrected chi connectivity index (χ4v) is 2.73. The summed E-state index contributed by atoms with van der Waals surface area (Å²) in [6, 6.07) is 7.98. The van der Waals surface area contributed by atoms with E-state index < -0.39 is 0 Å². The molecular formula is C17H21N3O. The highest BCUT2D eigenvalue weighted by molar-refractivity contribution is 5.64. The number of nitrogens with zero attached hydrogens (tertiary/aromatic N) is 2. The average Bonchev–Trinajstić information content (AvgIpc) is 2.95. The van der Waals surface area contributed by atoms with Crippen LogP contribution in [0, 0.1) is 0 Å². The van der Waals surface area contributed by atoms with E-state index in [1.54, 1.807) is 0 Å². The molecule has 1 N–H and O–H groups in total. The van der Waals surface area contributed by atoms with Crippen molar-refractivity contribution in [1.82, 2.24) is 15.3 Å². The van der Waals surface area contributed by atoms with Gasteiger partial charge in [-0.25, -0.2) is 9.97 Å². The van der Waals surface area contributed by atoms with E-state index in [0.717, 1.165) is 41.6 Å². The van der Waals surface area contributed by atoms with Crippen molar-refractivity contribution >= 4 is 0 Å². The van der Waals surface area contributed by atoms with Crippen LogP contribution < -0.4 is 10.1 Å². The van der Waals surface area contributed by atoms with E-state index in [0.29, 0.717) is 12.5 Å². The molecule has 0 saturated carbocycles. The summed E-state index contributed by atoms with van der Waals surface area (Å²) < 4.78 is 5.72. The van der Waals surface area contributed by atoms with Gasteiger partial charge in [0.15, 0.2) is 5.82 Å². The summed E-state index contributed by atoms with van der Waals surface area (Å²) in [5, 5.41) is 3.37. The molecule has 1 aromatic carbocycles. The molecule has 0 amide bonds. The standard InChI is InChI=1S/C17H21N3O/c1-4-21-15-8-6-5-7-12(15)17-19-14-10-18-9-13(14)16(20-17)11(2)3/h5-8,11,18H,4,9-10H2,1-3H3. The molecule has 4 heteroatoms. The maximum atomic E-state index is 5.72. The van der Waals surface area contributed by atoms with E-state index in [1.807, 2.05) is 31.2 Å². The first-order valence-corrected chi connectivity index (χ1v) is 7.53. The van der Waals surface area contributed by atoms with E-state index in [-0.39, 0.29) is 0 Å². The van der Waals surface area contributed by atoms with Crippen molar-refractivity contribution in [2.45, 2.75) is 39.8 Å². The van der Waals surface area contributed by atoms with Gasteiger partial charge in [-0.15, -0.1) is 0 Å². The summed E-state index contributed by atoms with van der Waals surface area (Å²) in [5.41, 5.74) is 4.50. The maximum absolute atomic E-state index is 5.72. The zero-order chi connectivity index (χ0) is 14.8. The van der Waals surface area contributed by atoms with Gasteiger partial charge in [0.2, 0.25) is 0 Å². The van der Waals surface area contributed by atoms with E-state index in [2.05, 4.69) is 19.2 Å². The Bertz CT molecular complexity index is 652. The summed E-state index contributed by atoms with van der Waals surface area (Å²) in [6.07, 6.45) is 0. The number of fused-ring (bicyclic) bond motifs is 1. The Hall–Kier alpha value is -1.94. The molecule has 0 radical (unpaired) electrons. The van der Waals surface area contributed by atoms with Crippen molar-refractivity contribution in [2.75, 3.05) is 6.61 Å². The van der Waals surface area contributed by atoms with E-state index in [4.69, 9.17) is 14.7 Å². The second-order valence-corrected chi connectivity index (χ2v) is 5.55. The molecule has 2 heterocycles. The molecule has 1 aliphatic heterocycles. The minimum absolute atomic E-state index is 0.389. The highest BCUT2D eigenvalue weighted by Gasteiger charge is 2.22. The number of benzene rings is 1. The van der Waals surface area contributed by atoms with Crippen LogP contribution in [0.15, 0.2) is 24.3 Å². The lowest BCUT2D eigenvalue weighted by Gasteiger charge is -2.14. The Morgan fingerprint density at radius 3 is 2.76 bits per heavy atom. The van der Waals surface area contributed by atoms with Gasteiger partial charge in [-0.05, 0) is 25.0 Å². The second-order valence-electron chi connectivity index (χ2n) is 5.55. The van der Waals surface area contributed by atoms with Gasteiger partial charge in [0, 0.05) is 18.7 Å². The smallest absolute Gasteiger partial charge is 0.163 e. The SMILES string of the molecule is CCOc1ccccc1-c1nc2c(c(C(C)C)n1)CNC2. The van der Waals surface area contributed by atoms with Crippen LogP contribution >= 0.6 is 0 Å². The number of aromatic nitrogens is 2. The zero-order valence-corrected chi connectivity index (χ0v) is 12.8. The minimum Gasteiger partial charge on any atom is -0.493 e. The van der Waals surface area contributed by atoms with Crippen LogP contribution in [0.5, 0.6) is 5.75 Å². The minimum atomic E-state index is 0.389. The molecule has 3 rings (SSSR count). The monoisotopic (exact) mass is 283 g/mol. The number of hydrogen-bond donors (Lipinski definition) is 1. The first-order chi connectivity index (χ1) is 10.2. The summed E-state index contributed by atoms with van der Waals surface area (Å²) in [7, 11) is 0. The highest BCUT2D eigenvalue weighted by Crippen LogP contribution is 2.31. The Labute approximate surface area is 125 Å². The van der Waals surface area contributed by atoms with Gasteiger partial charge in [0.05, 0.1) is 23.6 Å². The molecule has 110 valence electrons. The van der Waals surface area contributed by atoms with Gasteiger partial charge in [-0.2, -0.15) is 0 Å². The topological polar surface area (TPSA) is 47.0 Å². The van der Waals surface area contributed by atoms with Crippen molar-refractivity contribution in [1.29, 1.82) is 0 Å². The molecule has 0 saturated heterocycles. The van der Waals surface area contributed by atoms with Crippen LogP contribution in [0.2, 0.25) is 0 Å². The van der Waals surface area contributed by atoms with Crippen molar-refractivity contribution in [3.05, 3.63) is 41.2 Å². The predicted molar refractivity (Wildman–Crippen MR) is 83.3 cm³/mol. The van der Waals surface area contributed by atoms with Gasteiger partial charge in [-0.1, -0.05) is 26.0 Å². The number of rotatable bonds is 4. The van der Waals surface area contributed by atoms with Gasteiger partial charge in [-0.3, -0.25) is 0 Å². The fraction of sp³-hybridized carbons (Fsp3) is 0.412. The van der Waals surface area contributed by atoms with Crippen LogP contribution in [-0.4, -0.2) is 16.6 Å². The lowest BCUT2D eigenvalue weighted by atomic mass is 10.0. The quantitative estimate of drug-likeness (QED) is 0.935. The third-order valence-electron chi connectivity index (χ3n) is 3.69.